The minimum absolute atomic E-state index is 0.198. The normalized spacial score (nSPS) is 22.4. The van der Waals surface area contributed by atoms with Crippen LogP contribution in [0, 0.1) is 5.82 Å². The topological polar surface area (TPSA) is 70.6 Å². The van der Waals surface area contributed by atoms with Crippen LogP contribution in [0.2, 0.25) is 0 Å². The van der Waals surface area contributed by atoms with Gasteiger partial charge in [0.15, 0.2) is 11.6 Å². The van der Waals surface area contributed by atoms with Gasteiger partial charge < -0.3 is 20.5 Å². The van der Waals surface area contributed by atoms with Crippen molar-refractivity contribution in [3.05, 3.63) is 58.9 Å². The number of para-hydroxylation sites is 1. The number of urea groups is 1. The molecule has 2 aromatic carbocycles. The Morgan fingerprint density at radius 3 is 2.86 bits per heavy atom. The first kappa shape index (κ1) is 18.7. The van der Waals surface area contributed by atoms with Crippen molar-refractivity contribution in [1.29, 1.82) is 0 Å². The number of hydrogen-bond donors (Lipinski definition) is 3. The van der Waals surface area contributed by atoms with Gasteiger partial charge in [0, 0.05) is 24.1 Å². The van der Waals surface area contributed by atoms with Gasteiger partial charge in [-0.05, 0) is 49.9 Å². The highest BCUT2D eigenvalue weighted by Gasteiger charge is 2.36. The molecule has 3 N–H and O–H groups in total. The van der Waals surface area contributed by atoms with Crippen LogP contribution < -0.4 is 15.4 Å². The van der Waals surface area contributed by atoms with Crippen LogP contribution in [0.15, 0.2) is 36.4 Å². The van der Waals surface area contributed by atoms with Gasteiger partial charge in [-0.15, -0.1) is 0 Å². The van der Waals surface area contributed by atoms with Crippen molar-refractivity contribution >= 4 is 11.7 Å². The Labute approximate surface area is 163 Å². The van der Waals surface area contributed by atoms with Crippen LogP contribution in [0.25, 0.3) is 0 Å². The number of carbonyl (C=O) groups is 1. The van der Waals surface area contributed by atoms with Crippen LogP contribution in [0.5, 0.6) is 5.75 Å². The molecule has 2 aromatic rings. The van der Waals surface area contributed by atoms with Crippen molar-refractivity contribution in [2.75, 3.05) is 5.32 Å². The summed E-state index contributed by atoms with van der Waals surface area (Å²) >= 11 is 0. The minimum atomic E-state index is -0.594. The van der Waals surface area contributed by atoms with Crippen molar-refractivity contribution in [2.45, 2.75) is 57.3 Å². The zero-order valence-electron chi connectivity index (χ0n) is 16.1. The molecule has 1 heterocycles. The van der Waals surface area contributed by atoms with Crippen LogP contribution in [-0.2, 0) is 12.8 Å². The van der Waals surface area contributed by atoms with Gasteiger partial charge in [-0.1, -0.05) is 24.3 Å². The van der Waals surface area contributed by atoms with Gasteiger partial charge in [0.25, 0.3) is 0 Å². The number of hydrogen-bond acceptors (Lipinski definition) is 3. The summed E-state index contributed by atoms with van der Waals surface area (Å²) in [5.74, 6) is -0.229. The number of benzene rings is 2. The number of fused-ring (bicyclic) bond motifs is 2. The van der Waals surface area contributed by atoms with Crippen molar-refractivity contribution in [2.24, 2.45) is 0 Å². The maximum Gasteiger partial charge on any atom is 0.319 e. The van der Waals surface area contributed by atoms with E-state index in [1.807, 2.05) is 32.0 Å². The van der Waals surface area contributed by atoms with Crippen LogP contribution in [0.1, 0.15) is 49.4 Å². The predicted molar refractivity (Wildman–Crippen MR) is 105 cm³/mol. The van der Waals surface area contributed by atoms with Gasteiger partial charge >= 0.3 is 6.03 Å². The van der Waals surface area contributed by atoms with Crippen molar-refractivity contribution in [3.8, 4) is 5.75 Å². The summed E-state index contributed by atoms with van der Waals surface area (Å²) in [7, 11) is 0. The van der Waals surface area contributed by atoms with E-state index >= 15 is 0 Å². The molecule has 2 aliphatic rings. The van der Waals surface area contributed by atoms with Crippen LogP contribution in [0.4, 0.5) is 14.9 Å². The zero-order chi connectivity index (χ0) is 19.9. The third-order valence-electron chi connectivity index (χ3n) is 5.46. The molecule has 28 heavy (non-hydrogen) atoms. The van der Waals surface area contributed by atoms with Crippen molar-refractivity contribution in [1.82, 2.24) is 5.32 Å². The molecule has 2 amide bonds. The number of anilines is 1. The molecule has 0 unspecified atom stereocenters. The minimum Gasteiger partial charge on any atom is -0.484 e. The lowest BCUT2D eigenvalue weighted by atomic mass is 9.88. The quantitative estimate of drug-likeness (QED) is 0.730. The van der Waals surface area contributed by atoms with E-state index in [0.29, 0.717) is 24.1 Å². The summed E-state index contributed by atoms with van der Waals surface area (Å²) in [5.41, 5.74) is 2.89. The second-order valence-electron chi connectivity index (χ2n) is 8.21. The molecule has 0 aromatic heterocycles. The highest BCUT2D eigenvalue weighted by atomic mass is 19.1. The smallest absolute Gasteiger partial charge is 0.319 e. The molecule has 0 radical (unpaired) electrons. The number of aliphatic hydroxyl groups is 1. The molecule has 1 aliphatic heterocycles. The van der Waals surface area contributed by atoms with Crippen LogP contribution >= 0.6 is 0 Å². The van der Waals surface area contributed by atoms with E-state index in [1.165, 1.54) is 6.07 Å². The molecule has 0 spiro atoms. The summed E-state index contributed by atoms with van der Waals surface area (Å²) in [4.78, 5) is 12.7. The first-order chi connectivity index (χ1) is 13.3. The molecule has 4 rings (SSSR count). The molecule has 148 valence electrons. The summed E-state index contributed by atoms with van der Waals surface area (Å²) in [6.45, 7) is 3.76. The Morgan fingerprint density at radius 2 is 2.04 bits per heavy atom. The Balaban J connectivity index is 1.55. The number of aryl methyl sites for hydroxylation is 1. The Bertz CT molecular complexity index is 913. The summed E-state index contributed by atoms with van der Waals surface area (Å²) in [6, 6.07) is 9.83. The molecule has 1 aliphatic carbocycles. The third kappa shape index (κ3) is 3.69. The lowest BCUT2D eigenvalue weighted by molar-refractivity contribution is 0.0630. The number of amides is 2. The molecule has 0 saturated heterocycles. The van der Waals surface area contributed by atoms with E-state index in [1.54, 1.807) is 12.1 Å². The van der Waals surface area contributed by atoms with Crippen LogP contribution in [-0.4, -0.2) is 22.8 Å². The van der Waals surface area contributed by atoms with Gasteiger partial charge in [0.1, 0.15) is 5.60 Å². The summed E-state index contributed by atoms with van der Waals surface area (Å²) in [6.07, 6.45) is 2.22. The second kappa shape index (κ2) is 7.09. The molecule has 2 atom stereocenters. The summed E-state index contributed by atoms with van der Waals surface area (Å²) in [5, 5.41) is 15.9. The maximum absolute atomic E-state index is 14.2. The third-order valence-corrected chi connectivity index (χ3v) is 5.46. The standard InChI is InChI=1S/C22H25FN2O3/c1-22(2)12-19(15-6-4-7-17(23)20(15)28-22)25-21(27)24-18-8-3-5-13-9-10-14(26)11-16(13)18/h3-8,14,19,26H,9-12H2,1-2H3,(H2,24,25,27)/t14-,19+/m0/s1. The Morgan fingerprint density at radius 1 is 1.25 bits per heavy atom. The number of aliphatic hydroxyl groups excluding tert-OH is 1. The average Bonchev–Trinajstić information content (AvgIpc) is 2.62. The lowest BCUT2D eigenvalue weighted by Gasteiger charge is -2.38. The Kier molecular flexibility index (Phi) is 4.75. The molecule has 0 saturated carbocycles. The fourth-order valence-corrected chi connectivity index (χ4v) is 4.16. The first-order valence-corrected chi connectivity index (χ1v) is 9.66. The highest BCUT2D eigenvalue weighted by Crippen LogP contribution is 2.41. The summed E-state index contributed by atoms with van der Waals surface area (Å²) < 4.78 is 20.0. The fourth-order valence-electron chi connectivity index (χ4n) is 4.16. The molecule has 5 nitrogen and oxygen atoms in total. The Hall–Kier alpha value is -2.60. The van der Waals surface area contributed by atoms with Gasteiger partial charge in [0.2, 0.25) is 0 Å². The van der Waals surface area contributed by atoms with Crippen molar-refractivity contribution in [3.63, 3.8) is 0 Å². The molecular weight excluding hydrogens is 359 g/mol. The SMILES string of the molecule is CC1(C)C[C@@H](NC(=O)Nc2cccc3c2C[C@@H](O)CC3)c2cccc(F)c2O1. The van der Waals surface area contributed by atoms with E-state index in [0.717, 1.165) is 24.0 Å². The van der Waals surface area contributed by atoms with E-state index < -0.39 is 11.4 Å². The number of carbonyl (C=O) groups excluding carboxylic acids is 1. The number of halogens is 1. The van der Waals surface area contributed by atoms with E-state index in [2.05, 4.69) is 10.6 Å². The first-order valence-electron chi connectivity index (χ1n) is 9.66. The number of nitrogens with one attached hydrogen (secondary N) is 2. The predicted octanol–water partition coefficient (Wildman–Crippen LogP) is 4.10. The maximum atomic E-state index is 14.2. The zero-order valence-corrected chi connectivity index (χ0v) is 16.1. The average molecular weight is 384 g/mol. The monoisotopic (exact) mass is 384 g/mol. The number of ether oxygens (including phenoxy) is 1. The second-order valence-corrected chi connectivity index (χ2v) is 8.21. The van der Waals surface area contributed by atoms with E-state index in [4.69, 9.17) is 4.74 Å². The molecule has 0 bridgehead atoms. The van der Waals surface area contributed by atoms with E-state index in [9.17, 15) is 14.3 Å². The van der Waals surface area contributed by atoms with E-state index in [-0.39, 0.29) is 23.9 Å². The fraction of sp³-hybridized carbons (Fsp3) is 0.409. The molecule has 0 fully saturated rings. The van der Waals surface area contributed by atoms with Gasteiger partial charge in [-0.25, -0.2) is 9.18 Å². The lowest BCUT2D eigenvalue weighted by Crippen LogP contribution is -2.43. The van der Waals surface area contributed by atoms with Gasteiger partial charge in [-0.3, -0.25) is 0 Å². The molecule has 6 heteroatoms. The molecular formula is C22H25FN2O3. The highest BCUT2D eigenvalue weighted by molar-refractivity contribution is 5.90. The van der Waals surface area contributed by atoms with Crippen LogP contribution in [0.3, 0.4) is 0 Å². The largest absolute Gasteiger partial charge is 0.484 e. The number of rotatable bonds is 2. The van der Waals surface area contributed by atoms with Gasteiger partial charge in [0.05, 0.1) is 12.1 Å². The van der Waals surface area contributed by atoms with Gasteiger partial charge in [-0.2, -0.15) is 0 Å². The van der Waals surface area contributed by atoms with Crippen molar-refractivity contribution < 1.29 is 19.0 Å².